The lowest BCUT2D eigenvalue weighted by Gasteiger charge is -2.23. The summed E-state index contributed by atoms with van der Waals surface area (Å²) in [6, 6.07) is -4.03. The lowest BCUT2D eigenvalue weighted by molar-refractivity contribution is -0.145. The number of carbonyl (C=O) groups excluding carboxylic acids is 2. The highest BCUT2D eigenvalue weighted by Crippen LogP contribution is 2.04. The normalized spacial score (nSPS) is 15.5. The summed E-state index contributed by atoms with van der Waals surface area (Å²) in [5.74, 6) is -4.37. The zero-order chi connectivity index (χ0) is 19.6. The number of aliphatic carboxylic acids is 2. The van der Waals surface area contributed by atoms with Gasteiger partial charge in [0.05, 0.1) is 18.6 Å². The van der Waals surface area contributed by atoms with E-state index in [4.69, 9.17) is 21.7 Å². The number of aliphatic hydroxyl groups excluding tert-OH is 1. The van der Waals surface area contributed by atoms with E-state index in [1.54, 1.807) is 0 Å². The number of nitrogens with two attached hydrogens (primary N) is 2. The Hall–Kier alpha value is -2.24. The molecule has 0 aromatic carbocycles. The Morgan fingerprint density at radius 3 is 2.08 bits per heavy atom. The van der Waals surface area contributed by atoms with Gasteiger partial charge in [-0.25, -0.2) is 4.79 Å². The highest BCUT2D eigenvalue weighted by molar-refractivity contribution is 5.93. The summed E-state index contributed by atoms with van der Waals surface area (Å²) in [5, 5.41) is 31.5. The maximum atomic E-state index is 12.2. The molecule has 0 aliphatic heterocycles. The largest absolute Gasteiger partial charge is 0.481 e. The molecule has 0 radical (unpaired) electrons. The zero-order valence-electron chi connectivity index (χ0n) is 14.0. The van der Waals surface area contributed by atoms with Gasteiger partial charge in [-0.2, -0.15) is 0 Å². The number of unbranched alkanes of at least 4 members (excludes halogenated alkanes) is 1. The first-order valence-electron chi connectivity index (χ1n) is 7.79. The van der Waals surface area contributed by atoms with Crippen LogP contribution in [0.2, 0.25) is 0 Å². The summed E-state index contributed by atoms with van der Waals surface area (Å²) in [7, 11) is 0. The SMILES string of the molecule is CC(O)C(NC(=O)C(CCCCN)NC(=O)C(N)CC(=O)O)C(=O)O. The van der Waals surface area contributed by atoms with Gasteiger partial charge in [-0.3, -0.25) is 14.4 Å². The van der Waals surface area contributed by atoms with Gasteiger partial charge in [0.15, 0.2) is 6.04 Å². The summed E-state index contributed by atoms with van der Waals surface area (Å²) < 4.78 is 0. The molecule has 11 nitrogen and oxygen atoms in total. The number of rotatable bonds is 12. The van der Waals surface area contributed by atoms with Crippen LogP contribution in [0.5, 0.6) is 0 Å². The molecule has 0 spiro atoms. The van der Waals surface area contributed by atoms with Gasteiger partial charge >= 0.3 is 11.9 Å². The van der Waals surface area contributed by atoms with Crippen LogP contribution in [-0.4, -0.2) is 69.8 Å². The van der Waals surface area contributed by atoms with Gasteiger partial charge in [-0.15, -0.1) is 0 Å². The van der Waals surface area contributed by atoms with Gasteiger partial charge in [0.25, 0.3) is 0 Å². The van der Waals surface area contributed by atoms with Crippen LogP contribution in [0.3, 0.4) is 0 Å². The Morgan fingerprint density at radius 2 is 1.64 bits per heavy atom. The summed E-state index contributed by atoms with van der Waals surface area (Å²) in [6.07, 6.45) is -0.777. The van der Waals surface area contributed by atoms with Crippen molar-refractivity contribution in [1.29, 1.82) is 0 Å². The molecule has 0 aromatic heterocycles. The van der Waals surface area contributed by atoms with Crippen LogP contribution < -0.4 is 22.1 Å². The van der Waals surface area contributed by atoms with Crippen LogP contribution in [-0.2, 0) is 19.2 Å². The van der Waals surface area contributed by atoms with Crippen molar-refractivity contribution in [2.45, 2.75) is 56.8 Å². The van der Waals surface area contributed by atoms with Crippen LogP contribution in [0.4, 0.5) is 0 Å². The van der Waals surface area contributed by atoms with E-state index < -0.39 is 54.4 Å². The fourth-order valence-electron chi connectivity index (χ4n) is 1.96. The molecule has 11 heteroatoms. The molecule has 9 N–H and O–H groups in total. The minimum atomic E-state index is -1.55. The van der Waals surface area contributed by atoms with Crippen molar-refractivity contribution in [2.24, 2.45) is 11.5 Å². The highest BCUT2D eigenvalue weighted by atomic mass is 16.4. The molecule has 0 heterocycles. The number of carbonyl (C=O) groups is 4. The standard InChI is InChI=1S/C14H26N4O7/c1-7(19)11(14(24)25)18-13(23)9(4-2-3-5-15)17-12(22)8(16)6-10(20)21/h7-9,11,19H,2-6,15-16H2,1H3,(H,17,22)(H,18,23)(H,20,21)(H,24,25). The predicted octanol–water partition coefficient (Wildman–Crippen LogP) is -2.65. The Morgan fingerprint density at radius 1 is 1.04 bits per heavy atom. The Kier molecular flexibility index (Phi) is 10.3. The summed E-state index contributed by atoms with van der Waals surface area (Å²) in [6.45, 7) is 1.57. The van der Waals surface area contributed by atoms with Crippen molar-refractivity contribution < 1.29 is 34.5 Å². The second-order valence-corrected chi connectivity index (χ2v) is 5.62. The number of nitrogens with one attached hydrogen (secondary N) is 2. The Balaban J connectivity index is 5.01. The van der Waals surface area contributed by atoms with Crippen LogP contribution >= 0.6 is 0 Å². The minimum Gasteiger partial charge on any atom is -0.481 e. The van der Waals surface area contributed by atoms with Crippen molar-refractivity contribution in [1.82, 2.24) is 10.6 Å². The molecule has 144 valence electrons. The number of hydrogen-bond donors (Lipinski definition) is 7. The van der Waals surface area contributed by atoms with Crippen LogP contribution in [0.15, 0.2) is 0 Å². The molecule has 4 unspecified atom stereocenters. The monoisotopic (exact) mass is 362 g/mol. The molecule has 0 saturated carbocycles. The van der Waals surface area contributed by atoms with E-state index in [0.717, 1.165) is 0 Å². The predicted molar refractivity (Wildman–Crippen MR) is 86.3 cm³/mol. The average Bonchev–Trinajstić information content (AvgIpc) is 2.49. The molecule has 0 rings (SSSR count). The summed E-state index contributed by atoms with van der Waals surface area (Å²) >= 11 is 0. The van der Waals surface area contributed by atoms with Gasteiger partial charge in [-0.05, 0) is 32.7 Å². The van der Waals surface area contributed by atoms with E-state index in [-0.39, 0.29) is 6.42 Å². The van der Waals surface area contributed by atoms with Crippen molar-refractivity contribution in [2.75, 3.05) is 6.54 Å². The van der Waals surface area contributed by atoms with Crippen molar-refractivity contribution in [3.05, 3.63) is 0 Å². The maximum absolute atomic E-state index is 12.2. The molecular weight excluding hydrogens is 336 g/mol. The van der Waals surface area contributed by atoms with Crippen LogP contribution in [0.1, 0.15) is 32.6 Å². The molecule has 0 aliphatic rings. The number of amides is 2. The van der Waals surface area contributed by atoms with Gasteiger partial charge in [0.1, 0.15) is 6.04 Å². The zero-order valence-corrected chi connectivity index (χ0v) is 14.0. The first-order chi connectivity index (χ1) is 11.6. The fourth-order valence-corrected chi connectivity index (χ4v) is 1.96. The van der Waals surface area contributed by atoms with E-state index in [0.29, 0.717) is 19.4 Å². The summed E-state index contributed by atoms with van der Waals surface area (Å²) in [5.41, 5.74) is 10.8. The van der Waals surface area contributed by atoms with Crippen LogP contribution in [0.25, 0.3) is 0 Å². The first-order valence-corrected chi connectivity index (χ1v) is 7.79. The van der Waals surface area contributed by atoms with Crippen molar-refractivity contribution in [3.63, 3.8) is 0 Å². The van der Waals surface area contributed by atoms with Crippen molar-refractivity contribution >= 4 is 23.8 Å². The highest BCUT2D eigenvalue weighted by Gasteiger charge is 2.30. The maximum Gasteiger partial charge on any atom is 0.328 e. The van der Waals surface area contributed by atoms with Gasteiger partial charge in [0, 0.05) is 0 Å². The van der Waals surface area contributed by atoms with E-state index in [2.05, 4.69) is 10.6 Å². The smallest absolute Gasteiger partial charge is 0.328 e. The number of carboxylic acid groups (broad SMARTS) is 2. The van der Waals surface area contributed by atoms with E-state index >= 15 is 0 Å². The third-order valence-corrected chi connectivity index (χ3v) is 3.36. The molecule has 0 aromatic rings. The molecule has 0 saturated heterocycles. The van der Waals surface area contributed by atoms with Gasteiger partial charge in [-0.1, -0.05) is 0 Å². The Labute approximate surface area is 144 Å². The third kappa shape index (κ3) is 8.98. The molecule has 2 amide bonds. The minimum absolute atomic E-state index is 0.153. The number of carboxylic acids is 2. The van der Waals surface area contributed by atoms with Crippen molar-refractivity contribution in [3.8, 4) is 0 Å². The van der Waals surface area contributed by atoms with E-state index in [9.17, 15) is 24.3 Å². The second kappa shape index (κ2) is 11.3. The van der Waals surface area contributed by atoms with E-state index in [1.807, 2.05) is 0 Å². The topological polar surface area (TPSA) is 205 Å². The molecule has 25 heavy (non-hydrogen) atoms. The van der Waals surface area contributed by atoms with Crippen LogP contribution in [0, 0.1) is 0 Å². The third-order valence-electron chi connectivity index (χ3n) is 3.36. The lowest BCUT2D eigenvalue weighted by atomic mass is 10.1. The Bertz CT molecular complexity index is 484. The average molecular weight is 362 g/mol. The van der Waals surface area contributed by atoms with Gasteiger partial charge < -0.3 is 37.4 Å². The fraction of sp³-hybridized carbons (Fsp3) is 0.714. The van der Waals surface area contributed by atoms with E-state index in [1.165, 1.54) is 6.92 Å². The number of aliphatic hydroxyl groups is 1. The molecular formula is C14H26N4O7. The first kappa shape index (κ1) is 22.8. The van der Waals surface area contributed by atoms with Gasteiger partial charge in [0.2, 0.25) is 11.8 Å². The quantitative estimate of drug-likeness (QED) is 0.181. The lowest BCUT2D eigenvalue weighted by Crippen LogP contribution is -2.56. The number of hydrogen-bond acceptors (Lipinski definition) is 7. The molecule has 0 fully saturated rings. The summed E-state index contributed by atoms with van der Waals surface area (Å²) in [4.78, 5) is 45.8. The molecule has 0 bridgehead atoms. The second-order valence-electron chi connectivity index (χ2n) is 5.62. The molecule has 0 aliphatic carbocycles. The molecule has 4 atom stereocenters.